The van der Waals surface area contributed by atoms with Crippen molar-refractivity contribution in [3.8, 4) is 17.1 Å². The Morgan fingerprint density at radius 1 is 1.17 bits per heavy atom. The predicted octanol–water partition coefficient (Wildman–Crippen LogP) is 4.60. The molecule has 0 saturated carbocycles. The van der Waals surface area contributed by atoms with Gasteiger partial charge in [0.05, 0.1) is 5.52 Å². The number of ether oxygens (including phenoxy) is 1. The minimum absolute atomic E-state index is 0.315. The Bertz CT molecular complexity index is 1200. The molecule has 0 spiro atoms. The van der Waals surface area contributed by atoms with E-state index < -0.39 is 6.09 Å². The molecule has 3 aromatic rings. The molecule has 0 atom stereocenters. The van der Waals surface area contributed by atoms with Crippen LogP contribution in [0.5, 0.6) is 5.75 Å². The second kappa shape index (κ2) is 8.04. The van der Waals surface area contributed by atoms with Crippen molar-refractivity contribution in [2.45, 2.75) is 13.8 Å². The molecule has 4 rings (SSSR count). The molecule has 0 fully saturated rings. The first kappa shape index (κ1) is 19.7. The molecule has 0 saturated heterocycles. The molecule has 152 valence electrons. The number of dihydropyridines is 1. The molecule has 0 aliphatic carbocycles. The van der Waals surface area contributed by atoms with Gasteiger partial charge in [0.15, 0.2) is 5.82 Å². The highest BCUT2D eigenvalue weighted by Crippen LogP contribution is 2.30. The summed E-state index contributed by atoms with van der Waals surface area (Å²) in [5.74, 6) is 1.48. The van der Waals surface area contributed by atoms with Crippen molar-refractivity contribution in [3.05, 3.63) is 70.5 Å². The Kier molecular flexibility index (Phi) is 5.29. The average molecular weight is 422 g/mol. The van der Waals surface area contributed by atoms with Crippen LogP contribution in [0.15, 0.2) is 65.5 Å². The van der Waals surface area contributed by atoms with Gasteiger partial charge in [0.2, 0.25) is 0 Å². The number of nitrogens with zero attached hydrogens (tertiary/aromatic N) is 2. The summed E-state index contributed by atoms with van der Waals surface area (Å²) < 4.78 is 5.02. The van der Waals surface area contributed by atoms with Crippen molar-refractivity contribution in [2.75, 3.05) is 11.9 Å². The van der Waals surface area contributed by atoms with Crippen molar-refractivity contribution >= 4 is 34.4 Å². The fourth-order valence-electron chi connectivity index (χ4n) is 3.14. The molecule has 0 unspecified atom stereocenters. The molecule has 1 aliphatic rings. The van der Waals surface area contributed by atoms with Gasteiger partial charge in [0.25, 0.3) is 0 Å². The second-order valence-corrected chi connectivity index (χ2v) is 7.44. The number of aromatic nitrogens is 2. The number of hydrogen-bond acceptors (Lipinski definition) is 6. The number of amides is 1. The second-order valence-electron chi connectivity index (χ2n) is 7.00. The smallest absolute Gasteiger partial charge is 0.409 e. The number of primary amides is 1. The highest BCUT2D eigenvalue weighted by molar-refractivity contribution is 6.30. The van der Waals surface area contributed by atoms with Gasteiger partial charge < -0.3 is 21.1 Å². The number of hydrogen-bond donors (Lipinski definition) is 3. The molecule has 2 aromatic carbocycles. The van der Waals surface area contributed by atoms with E-state index >= 15 is 0 Å². The third-order valence-corrected chi connectivity index (χ3v) is 4.95. The minimum Gasteiger partial charge on any atom is -0.410 e. The topological polar surface area (TPSA) is 102 Å². The molecule has 8 heteroatoms. The van der Waals surface area contributed by atoms with Gasteiger partial charge in [-0.1, -0.05) is 11.6 Å². The lowest BCUT2D eigenvalue weighted by molar-refractivity contribution is 0.211. The Hall–Kier alpha value is -3.58. The number of rotatable bonds is 4. The molecule has 4 N–H and O–H groups in total. The van der Waals surface area contributed by atoms with Crippen LogP contribution < -0.4 is 21.1 Å². The molecule has 7 nitrogen and oxygen atoms in total. The van der Waals surface area contributed by atoms with Gasteiger partial charge in [-0.05, 0) is 61.9 Å². The molecule has 2 heterocycles. The first-order chi connectivity index (χ1) is 14.4. The van der Waals surface area contributed by atoms with E-state index in [0.717, 1.165) is 34.5 Å². The lowest BCUT2D eigenvalue weighted by Gasteiger charge is -2.20. The van der Waals surface area contributed by atoms with Crippen LogP contribution in [-0.4, -0.2) is 22.6 Å². The molecule has 1 aliphatic heterocycles. The highest BCUT2D eigenvalue weighted by Gasteiger charge is 2.14. The first-order valence-corrected chi connectivity index (χ1v) is 9.71. The third kappa shape index (κ3) is 4.21. The molecule has 30 heavy (non-hydrogen) atoms. The van der Waals surface area contributed by atoms with E-state index in [9.17, 15) is 4.79 Å². The fraction of sp³-hybridized carbons (Fsp3) is 0.136. The van der Waals surface area contributed by atoms with Crippen LogP contribution in [-0.2, 0) is 0 Å². The Balaban J connectivity index is 1.86. The number of nitrogens with one attached hydrogen (secondary N) is 2. The molecule has 1 aromatic heterocycles. The van der Waals surface area contributed by atoms with Crippen LogP contribution >= 0.6 is 11.6 Å². The van der Waals surface area contributed by atoms with Gasteiger partial charge in [-0.25, -0.2) is 14.8 Å². The fourth-order valence-corrected chi connectivity index (χ4v) is 3.27. The number of halogens is 1. The van der Waals surface area contributed by atoms with Gasteiger partial charge >= 0.3 is 6.09 Å². The van der Waals surface area contributed by atoms with Gasteiger partial charge in [0.1, 0.15) is 11.6 Å². The minimum atomic E-state index is -0.879. The standard InChI is InChI=1S/C22H20ClN5O2/c1-12-11-25-13(2)9-18(12)26-21-17-8-7-16(30-22(24)29)10-19(17)27-20(28-21)14-3-5-15(23)6-4-14/h3-10,25H,11H2,1-2H3,(H2,24,29)(H,26,27,28). The van der Waals surface area contributed by atoms with Gasteiger partial charge in [-0.15, -0.1) is 0 Å². The van der Waals surface area contributed by atoms with Crippen molar-refractivity contribution in [2.24, 2.45) is 5.73 Å². The summed E-state index contributed by atoms with van der Waals surface area (Å²) >= 11 is 6.02. The SMILES string of the molecule is CC1=CC(Nc2nc(-c3ccc(Cl)cc3)nc3cc(OC(N)=O)ccc23)=C(C)CN1. The number of allylic oxidation sites excluding steroid dienone is 2. The highest BCUT2D eigenvalue weighted by atomic mass is 35.5. The van der Waals surface area contributed by atoms with Crippen molar-refractivity contribution in [3.63, 3.8) is 0 Å². The Morgan fingerprint density at radius 2 is 1.93 bits per heavy atom. The number of carbonyl (C=O) groups excluding carboxylic acids is 1. The van der Waals surface area contributed by atoms with Crippen molar-refractivity contribution in [1.82, 2.24) is 15.3 Å². The van der Waals surface area contributed by atoms with E-state index in [4.69, 9.17) is 27.1 Å². The normalized spacial score (nSPS) is 13.6. The molecule has 0 bridgehead atoms. The number of benzene rings is 2. The largest absolute Gasteiger partial charge is 0.410 e. The lowest BCUT2D eigenvalue weighted by Crippen LogP contribution is -2.21. The number of anilines is 1. The molecular weight excluding hydrogens is 402 g/mol. The summed E-state index contributed by atoms with van der Waals surface area (Å²) in [7, 11) is 0. The van der Waals surface area contributed by atoms with Crippen LogP contribution in [0.2, 0.25) is 5.02 Å². The van der Waals surface area contributed by atoms with Crippen LogP contribution in [0, 0.1) is 0 Å². The third-order valence-electron chi connectivity index (χ3n) is 4.70. The van der Waals surface area contributed by atoms with E-state index in [0.29, 0.717) is 27.9 Å². The van der Waals surface area contributed by atoms with E-state index in [1.54, 1.807) is 30.3 Å². The summed E-state index contributed by atoms with van der Waals surface area (Å²) in [6.45, 7) is 4.83. The maximum atomic E-state index is 11.1. The quantitative estimate of drug-likeness (QED) is 0.569. The summed E-state index contributed by atoms with van der Waals surface area (Å²) in [6, 6.07) is 12.4. The predicted molar refractivity (Wildman–Crippen MR) is 118 cm³/mol. The summed E-state index contributed by atoms with van der Waals surface area (Å²) in [6.07, 6.45) is 1.16. The number of fused-ring (bicyclic) bond motifs is 1. The molecular formula is C22H20ClN5O2. The van der Waals surface area contributed by atoms with Gasteiger partial charge in [-0.3, -0.25) is 0 Å². The summed E-state index contributed by atoms with van der Waals surface area (Å²) in [5.41, 5.74) is 9.78. The van der Waals surface area contributed by atoms with Crippen LogP contribution in [0.4, 0.5) is 10.6 Å². The monoisotopic (exact) mass is 421 g/mol. The van der Waals surface area contributed by atoms with Crippen LogP contribution in [0.25, 0.3) is 22.3 Å². The average Bonchev–Trinajstić information content (AvgIpc) is 2.70. The van der Waals surface area contributed by atoms with Crippen molar-refractivity contribution in [1.29, 1.82) is 0 Å². The lowest BCUT2D eigenvalue weighted by atomic mass is 10.1. The molecule has 1 amide bonds. The van der Waals surface area contributed by atoms with Crippen LogP contribution in [0.1, 0.15) is 13.8 Å². The van der Waals surface area contributed by atoms with Crippen molar-refractivity contribution < 1.29 is 9.53 Å². The Morgan fingerprint density at radius 3 is 2.67 bits per heavy atom. The van der Waals surface area contributed by atoms with Gasteiger partial charge in [-0.2, -0.15) is 0 Å². The van der Waals surface area contributed by atoms with E-state index in [1.165, 1.54) is 0 Å². The molecule has 0 radical (unpaired) electrons. The number of carbonyl (C=O) groups is 1. The maximum absolute atomic E-state index is 11.1. The first-order valence-electron chi connectivity index (χ1n) is 9.33. The van der Waals surface area contributed by atoms with E-state index in [-0.39, 0.29) is 0 Å². The van der Waals surface area contributed by atoms with E-state index in [2.05, 4.69) is 22.5 Å². The zero-order chi connectivity index (χ0) is 21.3. The van der Waals surface area contributed by atoms with Crippen LogP contribution in [0.3, 0.4) is 0 Å². The zero-order valence-corrected chi connectivity index (χ0v) is 17.2. The summed E-state index contributed by atoms with van der Waals surface area (Å²) in [5, 5.41) is 8.17. The van der Waals surface area contributed by atoms with E-state index in [1.807, 2.05) is 25.1 Å². The van der Waals surface area contributed by atoms with Gasteiger partial charge in [0, 0.05) is 40.0 Å². The zero-order valence-electron chi connectivity index (χ0n) is 16.5. The number of nitrogens with two attached hydrogens (primary N) is 1. The maximum Gasteiger partial charge on any atom is 0.409 e. The Labute approximate surface area is 178 Å². The summed E-state index contributed by atoms with van der Waals surface area (Å²) in [4.78, 5) is 20.6.